The Balaban J connectivity index is 0.00000343. The maximum Gasteiger partial charge on any atom is 0.373 e. The van der Waals surface area contributed by atoms with Crippen LogP contribution in [0.5, 0.6) is 0 Å². The molecule has 5 atom stereocenters. The molecule has 0 aliphatic carbocycles. The molecule has 0 unspecified atom stereocenters. The fraction of sp³-hybridized carbons (Fsp3) is 0.840. The second-order valence-electron chi connectivity index (χ2n) is 10.9. The highest BCUT2D eigenvalue weighted by molar-refractivity contribution is 5.92. The minimum absolute atomic E-state index is 0.0555. The van der Waals surface area contributed by atoms with Gasteiger partial charge in [0.25, 0.3) is 0 Å². The van der Waals surface area contributed by atoms with Crippen LogP contribution in [0.4, 0.5) is 0 Å². The summed E-state index contributed by atoms with van der Waals surface area (Å²) >= 11 is 0. The van der Waals surface area contributed by atoms with E-state index in [1.54, 1.807) is 25.7 Å². The van der Waals surface area contributed by atoms with E-state index in [9.17, 15) is 14.4 Å². The fourth-order valence-electron chi connectivity index (χ4n) is 3.62. The molecule has 1 aliphatic heterocycles. The highest BCUT2D eigenvalue weighted by Crippen LogP contribution is 2.27. The lowest BCUT2D eigenvalue weighted by Gasteiger charge is -2.30. The summed E-state index contributed by atoms with van der Waals surface area (Å²) in [5.41, 5.74) is -1.03. The SMILES string of the molecule is CC[C@H](C)C(=O)N1C[C@H](OC(C)(C)C)C[C@H]1C(=O)N[C@H](C(=O)OC(C)(C)C)[C@@H](C)CC.O=C=O. The van der Waals surface area contributed by atoms with Crippen LogP contribution in [0, 0.1) is 11.8 Å². The van der Waals surface area contributed by atoms with Gasteiger partial charge in [-0.3, -0.25) is 9.59 Å². The molecule has 196 valence electrons. The molecule has 1 fully saturated rings. The molecule has 0 spiro atoms. The highest BCUT2D eigenvalue weighted by Gasteiger charge is 2.43. The van der Waals surface area contributed by atoms with E-state index in [2.05, 4.69) is 5.32 Å². The van der Waals surface area contributed by atoms with Gasteiger partial charge in [0.2, 0.25) is 11.8 Å². The van der Waals surface area contributed by atoms with Crippen molar-refractivity contribution in [3.05, 3.63) is 0 Å². The van der Waals surface area contributed by atoms with Crippen LogP contribution in [-0.2, 0) is 33.4 Å². The lowest BCUT2D eigenvalue weighted by atomic mass is 9.98. The molecular weight excluding hydrogens is 440 g/mol. The van der Waals surface area contributed by atoms with Crippen molar-refractivity contribution in [2.24, 2.45) is 11.8 Å². The van der Waals surface area contributed by atoms with Crippen LogP contribution >= 0.6 is 0 Å². The fourth-order valence-corrected chi connectivity index (χ4v) is 3.62. The van der Waals surface area contributed by atoms with Gasteiger partial charge in [0.15, 0.2) is 0 Å². The first kappa shape index (κ1) is 31.8. The highest BCUT2D eigenvalue weighted by atomic mass is 16.6. The Bertz CT molecular complexity index is 718. The minimum atomic E-state index is -0.764. The van der Waals surface area contributed by atoms with Gasteiger partial charge in [0, 0.05) is 18.9 Å². The third-order valence-corrected chi connectivity index (χ3v) is 5.57. The van der Waals surface area contributed by atoms with E-state index >= 15 is 0 Å². The summed E-state index contributed by atoms with van der Waals surface area (Å²) in [5.74, 6) is -1.11. The van der Waals surface area contributed by atoms with E-state index in [0.29, 0.717) is 25.8 Å². The minimum Gasteiger partial charge on any atom is -0.458 e. The quantitative estimate of drug-likeness (QED) is 0.526. The maximum absolute atomic E-state index is 13.3. The van der Waals surface area contributed by atoms with Gasteiger partial charge in [-0.05, 0) is 53.9 Å². The smallest absolute Gasteiger partial charge is 0.373 e. The molecule has 0 saturated carbocycles. The molecule has 1 N–H and O–H groups in total. The van der Waals surface area contributed by atoms with Gasteiger partial charge >= 0.3 is 12.1 Å². The largest absolute Gasteiger partial charge is 0.458 e. The lowest BCUT2D eigenvalue weighted by Crippen LogP contribution is -2.54. The number of nitrogens with zero attached hydrogens (tertiary/aromatic N) is 1. The van der Waals surface area contributed by atoms with Gasteiger partial charge in [0.1, 0.15) is 17.7 Å². The molecule has 0 bridgehead atoms. The summed E-state index contributed by atoms with van der Waals surface area (Å²) in [6.45, 7) is 19.4. The summed E-state index contributed by atoms with van der Waals surface area (Å²) in [5, 5.41) is 2.89. The second-order valence-corrected chi connectivity index (χ2v) is 10.9. The zero-order valence-electron chi connectivity index (χ0n) is 22.5. The average Bonchev–Trinajstić information content (AvgIpc) is 3.11. The van der Waals surface area contributed by atoms with Gasteiger partial charge in [0.05, 0.1) is 11.7 Å². The van der Waals surface area contributed by atoms with Crippen molar-refractivity contribution in [3.63, 3.8) is 0 Å². The van der Waals surface area contributed by atoms with E-state index in [-0.39, 0.29) is 41.5 Å². The number of likely N-dealkylation sites (tertiary alicyclic amines) is 1. The molecule has 2 amide bonds. The van der Waals surface area contributed by atoms with Crippen LogP contribution in [0.25, 0.3) is 0 Å². The zero-order chi connectivity index (χ0) is 26.9. The van der Waals surface area contributed by atoms with E-state index in [0.717, 1.165) is 0 Å². The van der Waals surface area contributed by atoms with Gasteiger partial charge < -0.3 is 19.7 Å². The van der Waals surface area contributed by atoms with Gasteiger partial charge in [-0.1, -0.05) is 34.1 Å². The van der Waals surface area contributed by atoms with Crippen LogP contribution in [0.2, 0.25) is 0 Å². The van der Waals surface area contributed by atoms with E-state index in [1.165, 1.54) is 0 Å². The summed E-state index contributed by atoms with van der Waals surface area (Å²) in [6, 6.07) is -1.43. The summed E-state index contributed by atoms with van der Waals surface area (Å²) in [7, 11) is 0. The molecular formula is C25H44N2O7. The zero-order valence-corrected chi connectivity index (χ0v) is 22.5. The number of esters is 1. The average molecular weight is 485 g/mol. The van der Waals surface area contributed by atoms with Gasteiger partial charge in [-0.2, -0.15) is 9.59 Å². The Morgan fingerprint density at radius 1 is 1.00 bits per heavy atom. The van der Waals surface area contributed by atoms with E-state index in [1.807, 2.05) is 48.5 Å². The van der Waals surface area contributed by atoms with Crippen LogP contribution in [-0.4, -0.2) is 64.8 Å². The normalized spacial score (nSPS) is 20.8. The van der Waals surface area contributed by atoms with Crippen molar-refractivity contribution in [3.8, 4) is 0 Å². The first-order valence-corrected chi connectivity index (χ1v) is 12.0. The van der Waals surface area contributed by atoms with Gasteiger partial charge in [-0.25, -0.2) is 4.79 Å². The van der Waals surface area contributed by atoms with Crippen molar-refractivity contribution >= 4 is 23.9 Å². The topological polar surface area (TPSA) is 119 Å². The predicted octanol–water partition coefficient (Wildman–Crippen LogP) is 3.11. The first-order chi connectivity index (χ1) is 15.5. The van der Waals surface area contributed by atoms with Crippen molar-refractivity contribution in [2.45, 2.75) is 118 Å². The Morgan fingerprint density at radius 3 is 1.94 bits per heavy atom. The molecule has 34 heavy (non-hydrogen) atoms. The number of carbonyl (C=O) groups is 3. The number of rotatable bonds is 8. The summed E-state index contributed by atoms with van der Waals surface area (Å²) in [4.78, 5) is 57.0. The Morgan fingerprint density at radius 2 is 1.53 bits per heavy atom. The molecule has 0 aromatic rings. The van der Waals surface area contributed by atoms with Crippen molar-refractivity contribution < 1.29 is 33.4 Å². The first-order valence-electron chi connectivity index (χ1n) is 12.0. The number of ether oxygens (including phenoxy) is 2. The number of nitrogens with one attached hydrogen (secondary N) is 1. The third-order valence-electron chi connectivity index (χ3n) is 5.57. The molecule has 0 aromatic carbocycles. The van der Waals surface area contributed by atoms with Crippen LogP contribution in [0.3, 0.4) is 0 Å². The molecule has 1 heterocycles. The monoisotopic (exact) mass is 484 g/mol. The predicted molar refractivity (Wildman–Crippen MR) is 126 cm³/mol. The standard InChI is InChI=1S/C24H44N2O5.CO2/c1-11-15(3)19(22(29)31-24(8,9)10)25-20(27)18-13-17(30-23(5,6)7)14-26(18)21(28)16(4)12-2;2-1-3/h15-19H,11-14H2,1-10H3,(H,25,27);/t15-,16-,17+,18-,19-;/m0./s1. The molecule has 0 radical (unpaired) electrons. The Kier molecular flexibility index (Phi) is 12.7. The summed E-state index contributed by atoms with van der Waals surface area (Å²) < 4.78 is 11.6. The van der Waals surface area contributed by atoms with Crippen molar-refractivity contribution in [1.82, 2.24) is 10.2 Å². The van der Waals surface area contributed by atoms with E-state index < -0.39 is 23.7 Å². The van der Waals surface area contributed by atoms with Gasteiger partial charge in [-0.15, -0.1) is 0 Å². The maximum atomic E-state index is 13.3. The number of carbonyl (C=O) groups excluding carboxylic acids is 5. The molecule has 1 aliphatic rings. The summed E-state index contributed by atoms with van der Waals surface area (Å²) in [6.07, 6.45) is 1.83. The van der Waals surface area contributed by atoms with Crippen LogP contribution < -0.4 is 5.32 Å². The van der Waals surface area contributed by atoms with E-state index in [4.69, 9.17) is 19.1 Å². The third kappa shape index (κ3) is 10.8. The Labute approximate surface area is 204 Å². The number of hydrogen-bond acceptors (Lipinski definition) is 7. The molecule has 9 heteroatoms. The van der Waals surface area contributed by atoms with Crippen LogP contribution in [0.1, 0.15) is 88.5 Å². The number of hydrogen-bond donors (Lipinski definition) is 1. The molecule has 1 saturated heterocycles. The van der Waals surface area contributed by atoms with Crippen LogP contribution in [0.15, 0.2) is 0 Å². The lowest BCUT2D eigenvalue weighted by molar-refractivity contribution is -0.191. The Hall–Kier alpha value is -2.25. The molecule has 0 aromatic heterocycles. The second kappa shape index (κ2) is 13.6. The number of amides is 2. The molecule has 1 rings (SSSR count). The van der Waals surface area contributed by atoms with Crippen molar-refractivity contribution in [2.75, 3.05) is 6.54 Å². The van der Waals surface area contributed by atoms with Crippen molar-refractivity contribution in [1.29, 1.82) is 0 Å². The molecule has 9 nitrogen and oxygen atoms in total.